The molecule has 0 radical (unpaired) electrons. The van der Waals surface area contributed by atoms with Gasteiger partial charge in [-0.1, -0.05) is 11.6 Å². The SMILES string of the molecule is NC(=O)[C@H]1C[C@@H](F)CN1Cc1cc(-c2cnc(C(F)(F)F)nc2)c(Cl)cn1. The lowest BCUT2D eigenvalue weighted by Crippen LogP contribution is -2.39. The number of primary amides is 1. The first kappa shape index (κ1) is 19.4. The van der Waals surface area contributed by atoms with Crippen molar-refractivity contribution in [3.8, 4) is 11.1 Å². The Labute approximate surface area is 156 Å². The van der Waals surface area contributed by atoms with E-state index < -0.39 is 30.1 Å². The van der Waals surface area contributed by atoms with E-state index in [0.717, 1.165) is 12.4 Å². The van der Waals surface area contributed by atoms with Crippen LogP contribution in [0.3, 0.4) is 0 Å². The minimum absolute atomic E-state index is 0.0164. The molecule has 2 atom stereocenters. The summed E-state index contributed by atoms with van der Waals surface area (Å²) >= 11 is 6.09. The highest BCUT2D eigenvalue weighted by Gasteiger charge is 2.36. The Morgan fingerprint density at radius 2 is 1.93 bits per heavy atom. The van der Waals surface area contributed by atoms with E-state index in [2.05, 4.69) is 15.0 Å². The average Bonchev–Trinajstić information content (AvgIpc) is 2.96. The minimum Gasteiger partial charge on any atom is -0.368 e. The van der Waals surface area contributed by atoms with Gasteiger partial charge in [0.15, 0.2) is 0 Å². The number of nitrogens with two attached hydrogens (primary N) is 1. The zero-order valence-electron chi connectivity index (χ0n) is 13.7. The molecule has 6 nitrogen and oxygen atoms in total. The Morgan fingerprint density at radius 1 is 1.26 bits per heavy atom. The molecule has 1 aliphatic heterocycles. The summed E-state index contributed by atoms with van der Waals surface area (Å²) in [5, 5.41) is 0.193. The molecule has 3 heterocycles. The van der Waals surface area contributed by atoms with Gasteiger partial charge in [0.1, 0.15) is 6.17 Å². The number of nitrogens with zero attached hydrogens (tertiary/aromatic N) is 4. The normalized spacial score (nSPS) is 20.8. The number of hydrogen-bond donors (Lipinski definition) is 1. The van der Waals surface area contributed by atoms with Gasteiger partial charge in [0.25, 0.3) is 0 Å². The maximum absolute atomic E-state index is 13.6. The maximum atomic E-state index is 13.6. The highest BCUT2D eigenvalue weighted by Crippen LogP contribution is 2.31. The number of likely N-dealkylation sites (tertiary alicyclic amines) is 1. The Morgan fingerprint density at radius 3 is 2.52 bits per heavy atom. The molecule has 1 fully saturated rings. The first-order valence-electron chi connectivity index (χ1n) is 7.86. The maximum Gasteiger partial charge on any atom is 0.451 e. The molecular weight excluding hydrogens is 390 g/mol. The molecule has 2 aromatic heterocycles. The second kappa shape index (κ2) is 7.35. The van der Waals surface area contributed by atoms with Crippen molar-refractivity contribution >= 4 is 17.5 Å². The van der Waals surface area contributed by atoms with E-state index in [0.29, 0.717) is 11.3 Å². The number of carbonyl (C=O) groups excluding carboxylic acids is 1. The molecule has 1 aliphatic rings. The molecule has 27 heavy (non-hydrogen) atoms. The van der Waals surface area contributed by atoms with E-state index in [4.69, 9.17) is 17.3 Å². The number of carbonyl (C=O) groups is 1. The van der Waals surface area contributed by atoms with Gasteiger partial charge in [-0.05, 0) is 6.07 Å². The molecule has 0 saturated carbocycles. The Balaban J connectivity index is 1.85. The van der Waals surface area contributed by atoms with Crippen molar-refractivity contribution in [3.63, 3.8) is 0 Å². The lowest BCUT2D eigenvalue weighted by atomic mass is 10.1. The van der Waals surface area contributed by atoms with E-state index in [9.17, 15) is 22.4 Å². The first-order chi connectivity index (χ1) is 12.6. The number of pyridine rings is 1. The third-order valence-electron chi connectivity index (χ3n) is 4.17. The second-order valence-electron chi connectivity index (χ2n) is 6.13. The third kappa shape index (κ3) is 4.33. The molecule has 0 spiro atoms. The number of hydrogen-bond acceptors (Lipinski definition) is 5. The van der Waals surface area contributed by atoms with Crippen LogP contribution in [0.5, 0.6) is 0 Å². The van der Waals surface area contributed by atoms with Crippen LogP contribution >= 0.6 is 11.6 Å². The van der Waals surface area contributed by atoms with Gasteiger partial charge < -0.3 is 5.73 Å². The highest BCUT2D eigenvalue weighted by atomic mass is 35.5. The van der Waals surface area contributed by atoms with Crippen LogP contribution in [0.25, 0.3) is 11.1 Å². The monoisotopic (exact) mass is 403 g/mol. The van der Waals surface area contributed by atoms with Gasteiger partial charge in [0, 0.05) is 49.2 Å². The summed E-state index contributed by atoms with van der Waals surface area (Å²) in [4.78, 5) is 23.8. The van der Waals surface area contributed by atoms with E-state index in [-0.39, 0.29) is 30.1 Å². The van der Waals surface area contributed by atoms with Crippen molar-refractivity contribution in [2.24, 2.45) is 5.73 Å². The zero-order valence-corrected chi connectivity index (χ0v) is 14.5. The summed E-state index contributed by atoms with van der Waals surface area (Å²) in [5.41, 5.74) is 6.40. The van der Waals surface area contributed by atoms with Gasteiger partial charge in [-0.3, -0.25) is 14.7 Å². The minimum atomic E-state index is -4.64. The predicted molar refractivity (Wildman–Crippen MR) is 88.2 cm³/mol. The van der Waals surface area contributed by atoms with Gasteiger partial charge in [0.05, 0.1) is 16.8 Å². The van der Waals surface area contributed by atoms with Crippen LogP contribution < -0.4 is 5.73 Å². The van der Waals surface area contributed by atoms with Crippen molar-refractivity contribution in [1.82, 2.24) is 19.9 Å². The molecule has 0 aliphatic carbocycles. The molecule has 0 bridgehead atoms. The van der Waals surface area contributed by atoms with Crippen LogP contribution in [0, 0.1) is 0 Å². The first-order valence-corrected chi connectivity index (χ1v) is 8.24. The summed E-state index contributed by atoms with van der Waals surface area (Å²) in [5.74, 6) is -1.88. The molecule has 2 N–H and O–H groups in total. The van der Waals surface area contributed by atoms with E-state index in [1.54, 1.807) is 4.90 Å². The van der Waals surface area contributed by atoms with Crippen LogP contribution in [-0.2, 0) is 17.5 Å². The fourth-order valence-electron chi connectivity index (χ4n) is 2.93. The zero-order chi connectivity index (χ0) is 19.8. The van der Waals surface area contributed by atoms with Gasteiger partial charge in [-0.2, -0.15) is 13.2 Å². The Kier molecular flexibility index (Phi) is 5.29. The van der Waals surface area contributed by atoms with Crippen LogP contribution in [0.1, 0.15) is 17.9 Å². The third-order valence-corrected chi connectivity index (χ3v) is 4.48. The van der Waals surface area contributed by atoms with Crippen molar-refractivity contribution in [2.75, 3.05) is 6.54 Å². The van der Waals surface area contributed by atoms with Crippen molar-refractivity contribution < 1.29 is 22.4 Å². The molecular formula is C16H14ClF4N5O. The summed E-state index contributed by atoms with van der Waals surface area (Å²) in [6.07, 6.45) is -2.44. The predicted octanol–water partition coefficient (Wildman–Crippen LogP) is 2.61. The standard InChI is InChI=1S/C16H14ClF4N5O/c17-12-5-23-10(7-26-6-9(18)1-13(26)14(22)27)2-11(12)8-3-24-15(25-4-8)16(19,20)21/h2-5,9,13H,1,6-7H2,(H2,22,27)/t9-,13-/m1/s1. The quantitative estimate of drug-likeness (QED) is 0.793. The molecule has 11 heteroatoms. The lowest BCUT2D eigenvalue weighted by molar-refractivity contribution is -0.145. The number of halogens is 5. The van der Waals surface area contributed by atoms with Gasteiger partial charge in [-0.25, -0.2) is 14.4 Å². The molecule has 0 aromatic carbocycles. The number of rotatable bonds is 4. The van der Waals surface area contributed by atoms with Crippen LogP contribution in [0.15, 0.2) is 24.7 Å². The number of aromatic nitrogens is 3. The smallest absolute Gasteiger partial charge is 0.368 e. The van der Waals surface area contributed by atoms with E-state index in [1.165, 1.54) is 12.3 Å². The fraction of sp³-hybridized carbons (Fsp3) is 0.375. The highest BCUT2D eigenvalue weighted by molar-refractivity contribution is 6.33. The molecule has 144 valence electrons. The number of alkyl halides is 4. The molecule has 1 amide bonds. The summed E-state index contributed by atoms with van der Waals surface area (Å²) in [6, 6.07) is 0.799. The van der Waals surface area contributed by atoms with E-state index >= 15 is 0 Å². The number of amides is 1. The lowest BCUT2D eigenvalue weighted by Gasteiger charge is -2.21. The summed E-state index contributed by atoms with van der Waals surface area (Å²) in [7, 11) is 0. The fourth-order valence-corrected chi connectivity index (χ4v) is 3.14. The Hall–Kier alpha value is -2.33. The van der Waals surface area contributed by atoms with Crippen LogP contribution in [0.2, 0.25) is 5.02 Å². The van der Waals surface area contributed by atoms with Crippen LogP contribution in [0.4, 0.5) is 17.6 Å². The Bertz CT molecular complexity index is 846. The molecule has 0 unspecified atom stereocenters. The molecule has 3 rings (SSSR count). The van der Waals surface area contributed by atoms with Gasteiger partial charge in [-0.15, -0.1) is 0 Å². The largest absolute Gasteiger partial charge is 0.451 e. The molecule has 2 aromatic rings. The topological polar surface area (TPSA) is 85.0 Å². The van der Waals surface area contributed by atoms with Crippen molar-refractivity contribution in [1.29, 1.82) is 0 Å². The molecule has 1 saturated heterocycles. The second-order valence-corrected chi connectivity index (χ2v) is 6.54. The summed E-state index contributed by atoms with van der Waals surface area (Å²) < 4.78 is 51.4. The average molecular weight is 404 g/mol. The van der Waals surface area contributed by atoms with Crippen molar-refractivity contribution in [3.05, 3.63) is 41.2 Å². The summed E-state index contributed by atoms with van der Waals surface area (Å²) in [6.45, 7) is 0.177. The van der Waals surface area contributed by atoms with Crippen molar-refractivity contribution in [2.45, 2.75) is 31.4 Å². The van der Waals surface area contributed by atoms with E-state index in [1.807, 2.05) is 0 Å². The van der Waals surface area contributed by atoms with Gasteiger partial charge >= 0.3 is 6.18 Å². The van der Waals surface area contributed by atoms with Gasteiger partial charge in [0.2, 0.25) is 11.7 Å². The van der Waals surface area contributed by atoms with Crippen LogP contribution in [-0.4, -0.2) is 44.5 Å².